The van der Waals surface area contributed by atoms with Crippen molar-refractivity contribution in [3.63, 3.8) is 0 Å². The largest absolute Gasteiger partial charge is 0.465 e. The molecule has 0 amide bonds. The molecule has 1 fully saturated rings. The second kappa shape index (κ2) is 8.28. The molecule has 1 aliphatic rings. The average molecular weight is 441 g/mol. The van der Waals surface area contributed by atoms with Crippen LogP contribution in [0.15, 0.2) is 59.6 Å². The Bertz CT molecular complexity index is 1240. The molecular formula is C23H24N2O5S. The zero-order valence-corrected chi connectivity index (χ0v) is 18.3. The molecule has 1 atom stereocenters. The molecule has 2 aromatic carbocycles. The Labute approximate surface area is 181 Å². The number of para-hydroxylation sites is 1. The Hall–Kier alpha value is -2.97. The number of fused-ring (bicyclic) bond motifs is 1. The summed E-state index contributed by atoms with van der Waals surface area (Å²) in [4.78, 5) is 25.8. The van der Waals surface area contributed by atoms with Crippen molar-refractivity contribution in [2.75, 3.05) is 20.2 Å². The van der Waals surface area contributed by atoms with Crippen LogP contribution in [0, 0.1) is 12.8 Å². The normalized spacial score (nSPS) is 17.5. The minimum absolute atomic E-state index is 0.106. The minimum atomic E-state index is -3.68. The molecule has 7 nitrogen and oxygen atoms in total. The van der Waals surface area contributed by atoms with Gasteiger partial charge in [-0.15, -0.1) is 0 Å². The minimum Gasteiger partial charge on any atom is -0.465 e. The van der Waals surface area contributed by atoms with E-state index in [4.69, 9.17) is 4.74 Å². The number of carbonyl (C=O) groups is 2. The van der Waals surface area contributed by atoms with Gasteiger partial charge in [-0.05, 0) is 38.0 Å². The Morgan fingerprint density at radius 3 is 2.48 bits per heavy atom. The second-order valence-corrected chi connectivity index (χ2v) is 9.71. The number of nitrogens with zero attached hydrogens (tertiary/aromatic N) is 2. The number of sulfonamides is 1. The monoisotopic (exact) mass is 440 g/mol. The van der Waals surface area contributed by atoms with Crippen LogP contribution >= 0.6 is 0 Å². The molecule has 0 spiro atoms. The Morgan fingerprint density at radius 1 is 1.06 bits per heavy atom. The van der Waals surface area contributed by atoms with Crippen molar-refractivity contribution in [3.05, 3.63) is 65.9 Å². The van der Waals surface area contributed by atoms with Crippen molar-refractivity contribution in [1.82, 2.24) is 8.87 Å². The Balaban J connectivity index is 1.64. The van der Waals surface area contributed by atoms with Gasteiger partial charge in [-0.2, -0.15) is 4.31 Å². The fourth-order valence-electron chi connectivity index (χ4n) is 4.05. The van der Waals surface area contributed by atoms with Crippen molar-refractivity contribution in [2.45, 2.75) is 24.7 Å². The van der Waals surface area contributed by atoms with Crippen molar-refractivity contribution in [2.24, 2.45) is 5.92 Å². The van der Waals surface area contributed by atoms with E-state index in [0.717, 1.165) is 5.56 Å². The number of hydrogen-bond donors (Lipinski definition) is 0. The maximum atomic E-state index is 13.4. The highest BCUT2D eigenvalue weighted by molar-refractivity contribution is 7.89. The van der Waals surface area contributed by atoms with Crippen LogP contribution in [-0.2, 0) is 14.8 Å². The van der Waals surface area contributed by atoms with Gasteiger partial charge in [-0.25, -0.2) is 13.2 Å². The predicted octanol–water partition coefficient (Wildman–Crippen LogP) is 3.48. The van der Waals surface area contributed by atoms with E-state index in [2.05, 4.69) is 0 Å². The van der Waals surface area contributed by atoms with Crippen LogP contribution < -0.4 is 0 Å². The topological polar surface area (TPSA) is 85.7 Å². The smallest absolute Gasteiger partial charge is 0.340 e. The van der Waals surface area contributed by atoms with E-state index in [-0.39, 0.29) is 17.3 Å². The van der Waals surface area contributed by atoms with Crippen molar-refractivity contribution in [3.8, 4) is 0 Å². The maximum absolute atomic E-state index is 13.4. The van der Waals surface area contributed by atoms with Crippen LogP contribution in [-0.4, -0.2) is 49.4 Å². The average Bonchev–Trinajstić information content (AvgIpc) is 3.18. The van der Waals surface area contributed by atoms with Gasteiger partial charge in [-0.3, -0.25) is 9.36 Å². The first-order valence-electron chi connectivity index (χ1n) is 10.1. The molecule has 0 radical (unpaired) electrons. The first kappa shape index (κ1) is 21.3. The summed E-state index contributed by atoms with van der Waals surface area (Å²) in [6.07, 6.45) is 2.66. The summed E-state index contributed by atoms with van der Waals surface area (Å²) in [7, 11) is -2.39. The number of methoxy groups -OCH3 is 1. The van der Waals surface area contributed by atoms with Crippen LogP contribution in [0.2, 0.25) is 0 Å². The van der Waals surface area contributed by atoms with E-state index >= 15 is 0 Å². The third-order valence-electron chi connectivity index (χ3n) is 5.75. The molecule has 4 rings (SSSR count). The zero-order chi connectivity index (χ0) is 22.2. The molecule has 31 heavy (non-hydrogen) atoms. The van der Waals surface area contributed by atoms with Gasteiger partial charge in [0.15, 0.2) is 0 Å². The number of aryl methyl sites for hydroxylation is 1. The van der Waals surface area contributed by atoms with Gasteiger partial charge >= 0.3 is 5.97 Å². The number of benzene rings is 2. The molecule has 0 unspecified atom stereocenters. The SMILES string of the molecule is COC(=O)c1cn(C(=O)[C@@H]2CCCN(S(=O)(=O)c3ccc(C)cc3)C2)c2ccccc12. The third-order valence-corrected chi connectivity index (χ3v) is 7.63. The number of aromatic nitrogens is 1. The van der Waals surface area contributed by atoms with E-state index in [0.29, 0.717) is 35.9 Å². The molecule has 0 aliphatic carbocycles. The van der Waals surface area contributed by atoms with Gasteiger partial charge in [0.05, 0.1) is 29.0 Å². The molecule has 1 aliphatic heterocycles. The van der Waals surface area contributed by atoms with E-state index < -0.39 is 21.9 Å². The van der Waals surface area contributed by atoms with Crippen molar-refractivity contribution >= 4 is 32.8 Å². The summed E-state index contributed by atoms with van der Waals surface area (Å²) in [5, 5.41) is 0.627. The Morgan fingerprint density at radius 2 is 1.77 bits per heavy atom. The van der Waals surface area contributed by atoms with Crippen LogP contribution in [0.3, 0.4) is 0 Å². The standard InChI is InChI=1S/C23H24N2O5S/c1-16-9-11-18(12-10-16)31(28,29)24-13-5-6-17(14-24)22(26)25-15-20(23(27)30-2)19-7-3-4-8-21(19)25/h3-4,7-12,15,17H,5-6,13-14H2,1-2H3/t17-/m1/s1. The van der Waals surface area contributed by atoms with Gasteiger partial charge in [-0.1, -0.05) is 35.9 Å². The number of piperidine rings is 1. The predicted molar refractivity (Wildman–Crippen MR) is 117 cm³/mol. The summed E-state index contributed by atoms with van der Waals surface area (Å²) < 4.78 is 33.9. The summed E-state index contributed by atoms with van der Waals surface area (Å²) >= 11 is 0. The second-order valence-electron chi connectivity index (χ2n) is 7.78. The number of carbonyl (C=O) groups excluding carboxylic acids is 2. The first-order valence-corrected chi connectivity index (χ1v) is 11.6. The highest BCUT2D eigenvalue weighted by atomic mass is 32.2. The molecular weight excluding hydrogens is 416 g/mol. The van der Waals surface area contributed by atoms with Gasteiger partial charge in [0.2, 0.25) is 15.9 Å². The van der Waals surface area contributed by atoms with Gasteiger partial charge in [0.25, 0.3) is 0 Å². The molecule has 162 valence electrons. The van der Waals surface area contributed by atoms with E-state index in [1.807, 2.05) is 6.92 Å². The summed E-state index contributed by atoms with van der Waals surface area (Å²) in [6, 6.07) is 13.8. The highest BCUT2D eigenvalue weighted by Crippen LogP contribution is 2.28. The number of hydrogen-bond acceptors (Lipinski definition) is 5. The molecule has 0 saturated carbocycles. The molecule has 1 saturated heterocycles. The summed E-state index contributed by atoms with van der Waals surface area (Å²) in [5.41, 5.74) is 1.89. The van der Waals surface area contributed by atoms with Crippen LogP contribution in [0.1, 0.15) is 33.6 Å². The van der Waals surface area contributed by atoms with Gasteiger partial charge in [0.1, 0.15) is 0 Å². The molecule has 0 bridgehead atoms. The lowest BCUT2D eigenvalue weighted by Gasteiger charge is -2.31. The molecule has 1 aromatic heterocycles. The van der Waals surface area contributed by atoms with Crippen LogP contribution in [0.4, 0.5) is 0 Å². The molecule has 0 N–H and O–H groups in total. The molecule has 2 heterocycles. The molecule has 3 aromatic rings. The number of ether oxygens (including phenoxy) is 1. The number of esters is 1. The number of rotatable bonds is 4. The summed E-state index contributed by atoms with van der Waals surface area (Å²) in [5.74, 6) is -1.25. The molecule has 8 heteroatoms. The van der Waals surface area contributed by atoms with E-state index in [9.17, 15) is 18.0 Å². The highest BCUT2D eigenvalue weighted by Gasteiger charge is 2.34. The zero-order valence-electron chi connectivity index (χ0n) is 17.4. The lowest BCUT2D eigenvalue weighted by atomic mass is 9.98. The van der Waals surface area contributed by atoms with Crippen LogP contribution in [0.5, 0.6) is 0 Å². The first-order chi connectivity index (χ1) is 14.8. The lowest BCUT2D eigenvalue weighted by molar-refractivity contribution is 0.0603. The quantitative estimate of drug-likeness (QED) is 0.580. The van der Waals surface area contributed by atoms with Crippen molar-refractivity contribution in [1.29, 1.82) is 0 Å². The van der Waals surface area contributed by atoms with E-state index in [1.54, 1.807) is 48.5 Å². The van der Waals surface area contributed by atoms with Crippen LogP contribution in [0.25, 0.3) is 10.9 Å². The van der Waals surface area contributed by atoms with Gasteiger partial charge in [0, 0.05) is 24.7 Å². The fraction of sp³-hybridized carbons (Fsp3) is 0.304. The Kier molecular flexibility index (Phi) is 5.68. The lowest BCUT2D eigenvalue weighted by Crippen LogP contribution is -2.43. The van der Waals surface area contributed by atoms with Gasteiger partial charge < -0.3 is 4.74 Å². The van der Waals surface area contributed by atoms with Crippen molar-refractivity contribution < 1.29 is 22.7 Å². The fourth-order valence-corrected chi connectivity index (χ4v) is 5.58. The summed E-state index contributed by atoms with van der Waals surface area (Å²) in [6.45, 7) is 2.38. The van der Waals surface area contributed by atoms with E-state index in [1.165, 1.54) is 22.2 Å². The maximum Gasteiger partial charge on any atom is 0.340 e. The third kappa shape index (κ3) is 3.88.